The van der Waals surface area contributed by atoms with Gasteiger partial charge >= 0.3 is 0 Å². The smallest absolute Gasteiger partial charge is 0.145 e. The summed E-state index contributed by atoms with van der Waals surface area (Å²) in [6.07, 6.45) is 1.78. The lowest BCUT2D eigenvalue weighted by molar-refractivity contribution is 0.0384. The first-order chi connectivity index (χ1) is 12.9. The molecule has 2 aromatic heterocycles. The summed E-state index contributed by atoms with van der Waals surface area (Å²) in [6.45, 7) is 8.96. The predicted octanol–water partition coefficient (Wildman–Crippen LogP) is 4.78. The number of hydrogen-bond donors (Lipinski definition) is 0. The molecule has 0 unspecified atom stereocenters. The number of aromatic nitrogens is 2. The van der Waals surface area contributed by atoms with Crippen LogP contribution >= 0.6 is 0 Å². The molecule has 0 bridgehead atoms. The molecule has 1 aromatic carbocycles. The average molecular weight is 363 g/mol. The molecule has 5 nitrogen and oxygen atoms in total. The summed E-state index contributed by atoms with van der Waals surface area (Å²) in [6, 6.07) is 15.8. The molecule has 3 aromatic rings. The van der Waals surface area contributed by atoms with Crippen molar-refractivity contribution in [1.82, 2.24) is 9.97 Å². The summed E-state index contributed by atoms with van der Waals surface area (Å²) in [4.78, 5) is 14.5. The molecule has 0 spiro atoms. The lowest BCUT2D eigenvalue weighted by Gasteiger charge is -2.23. The second-order valence-electron chi connectivity index (χ2n) is 7.40. The maximum Gasteiger partial charge on any atom is 0.145 e. The maximum atomic E-state index is 6.04. The van der Waals surface area contributed by atoms with Crippen LogP contribution in [0.15, 0.2) is 59.9 Å². The molecule has 3 rings (SSSR count). The van der Waals surface area contributed by atoms with Gasteiger partial charge in [0.1, 0.15) is 23.6 Å². The first-order valence-electron chi connectivity index (χ1n) is 9.02. The van der Waals surface area contributed by atoms with Crippen LogP contribution in [-0.4, -0.2) is 28.9 Å². The van der Waals surface area contributed by atoms with E-state index >= 15 is 0 Å². The van der Waals surface area contributed by atoms with E-state index < -0.39 is 0 Å². The van der Waals surface area contributed by atoms with Gasteiger partial charge in [-0.3, -0.25) is 9.97 Å². The van der Waals surface area contributed by atoms with Crippen molar-refractivity contribution in [2.45, 2.75) is 27.7 Å². The zero-order chi connectivity index (χ0) is 19.3. The third-order valence-corrected chi connectivity index (χ3v) is 4.13. The van der Waals surface area contributed by atoms with E-state index in [0.29, 0.717) is 13.2 Å². The van der Waals surface area contributed by atoms with Crippen molar-refractivity contribution in [1.29, 1.82) is 0 Å². The van der Waals surface area contributed by atoms with Crippen LogP contribution in [0.1, 0.15) is 32.2 Å². The minimum Gasteiger partial charge on any atom is -0.491 e. The Balaban J connectivity index is 1.59. The molecule has 0 atom stereocenters. The van der Waals surface area contributed by atoms with Crippen molar-refractivity contribution < 1.29 is 9.57 Å². The number of para-hydroxylation sites is 1. The van der Waals surface area contributed by atoms with E-state index in [1.165, 1.54) is 0 Å². The summed E-state index contributed by atoms with van der Waals surface area (Å²) in [5.41, 5.74) is 3.20. The Bertz CT molecular complexity index is 946. The van der Waals surface area contributed by atoms with E-state index in [1.54, 1.807) is 6.20 Å². The number of rotatable bonds is 7. The summed E-state index contributed by atoms with van der Waals surface area (Å²) in [7, 11) is 0. The van der Waals surface area contributed by atoms with E-state index in [1.807, 2.05) is 62.4 Å². The molecular weight excluding hydrogens is 338 g/mol. The molecule has 0 saturated heterocycles. The molecule has 0 aliphatic heterocycles. The first kappa shape index (κ1) is 18.8. The van der Waals surface area contributed by atoms with Crippen molar-refractivity contribution >= 4 is 16.6 Å². The number of aryl methyl sites for hydroxylation is 1. The van der Waals surface area contributed by atoms with Crippen LogP contribution in [0.25, 0.3) is 10.9 Å². The number of pyridine rings is 2. The summed E-state index contributed by atoms with van der Waals surface area (Å²) in [5, 5.41) is 5.28. The lowest BCUT2D eigenvalue weighted by Crippen LogP contribution is -2.26. The van der Waals surface area contributed by atoms with Crippen molar-refractivity contribution in [3.63, 3.8) is 0 Å². The molecule has 0 radical (unpaired) electrons. The minimum atomic E-state index is -0.208. The van der Waals surface area contributed by atoms with Gasteiger partial charge < -0.3 is 9.57 Å². The molecule has 27 heavy (non-hydrogen) atoms. The lowest BCUT2D eigenvalue weighted by atomic mass is 9.96. The Morgan fingerprint density at radius 1 is 1.04 bits per heavy atom. The summed E-state index contributed by atoms with van der Waals surface area (Å²) < 4.78 is 6.04. The van der Waals surface area contributed by atoms with Gasteiger partial charge in [-0.2, -0.15) is 0 Å². The fourth-order valence-electron chi connectivity index (χ4n) is 2.60. The number of benzene rings is 1. The van der Waals surface area contributed by atoms with Gasteiger partial charge in [0.25, 0.3) is 0 Å². The summed E-state index contributed by atoms with van der Waals surface area (Å²) in [5.74, 6) is 0.782. The number of fused-ring (bicyclic) bond motifs is 1. The molecule has 0 aliphatic carbocycles. The van der Waals surface area contributed by atoms with Gasteiger partial charge in [-0.05, 0) is 38.1 Å². The van der Waals surface area contributed by atoms with Crippen molar-refractivity contribution in [3.05, 3.63) is 66.1 Å². The highest BCUT2D eigenvalue weighted by molar-refractivity contribution is 5.96. The Hall–Kier alpha value is -2.95. The Morgan fingerprint density at radius 2 is 1.81 bits per heavy atom. The molecule has 0 aliphatic rings. The van der Waals surface area contributed by atoms with Crippen LogP contribution in [0.2, 0.25) is 0 Å². The highest BCUT2D eigenvalue weighted by atomic mass is 16.6. The largest absolute Gasteiger partial charge is 0.491 e. The van der Waals surface area contributed by atoms with E-state index in [-0.39, 0.29) is 5.41 Å². The second-order valence-corrected chi connectivity index (χ2v) is 7.40. The van der Waals surface area contributed by atoms with Crippen LogP contribution in [0.5, 0.6) is 5.75 Å². The van der Waals surface area contributed by atoms with Crippen LogP contribution in [0.3, 0.4) is 0 Å². The zero-order valence-electron chi connectivity index (χ0n) is 16.3. The first-order valence-corrected chi connectivity index (χ1v) is 9.02. The van der Waals surface area contributed by atoms with Gasteiger partial charge in [-0.1, -0.05) is 43.3 Å². The molecule has 0 fully saturated rings. The molecule has 0 N–H and O–H groups in total. The van der Waals surface area contributed by atoms with Crippen molar-refractivity contribution in [3.8, 4) is 5.75 Å². The van der Waals surface area contributed by atoms with Gasteiger partial charge in [0.15, 0.2) is 0 Å². The van der Waals surface area contributed by atoms with Crippen LogP contribution < -0.4 is 4.74 Å². The van der Waals surface area contributed by atoms with Gasteiger partial charge in [-0.15, -0.1) is 0 Å². The van der Waals surface area contributed by atoms with Crippen molar-refractivity contribution in [2.24, 2.45) is 10.6 Å². The molecular formula is C22H25N3O2. The van der Waals surface area contributed by atoms with Gasteiger partial charge in [0.05, 0.1) is 12.3 Å². The van der Waals surface area contributed by atoms with E-state index in [2.05, 4.69) is 29.0 Å². The Morgan fingerprint density at radius 3 is 2.63 bits per heavy atom. The van der Waals surface area contributed by atoms with E-state index in [4.69, 9.17) is 9.57 Å². The van der Waals surface area contributed by atoms with Crippen LogP contribution in [0, 0.1) is 12.3 Å². The molecule has 0 saturated carbocycles. The van der Waals surface area contributed by atoms with Crippen LogP contribution in [0.4, 0.5) is 0 Å². The third kappa shape index (κ3) is 5.03. The quantitative estimate of drug-likeness (QED) is 0.448. The highest BCUT2D eigenvalue weighted by Gasteiger charge is 2.21. The van der Waals surface area contributed by atoms with Crippen LogP contribution in [-0.2, 0) is 4.84 Å². The normalized spacial score (nSPS) is 12.2. The van der Waals surface area contributed by atoms with Crippen molar-refractivity contribution in [2.75, 3.05) is 13.2 Å². The molecule has 2 heterocycles. The fourth-order valence-corrected chi connectivity index (χ4v) is 2.60. The standard InChI is InChI=1S/C22H25N3O2/c1-16-8-5-11-19(24-16)17(2)25-27-15-22(3,4)14-26-20-12-6-9-18-10-7-13-23-21(18)20/h5-13H,14-15H2,1-4H3. The molecule has 0 amide bonds. The number of oxime groups is 1. The Labute approximate surface area is 160 Å². The second kappa shape index (κ2) is 8.16. The van der Waals surface area contributed by atoms with Gasteiger partial charge in [0.2, 0.25) is 0 Å². The topological polar surface area (TPSA) is 56.6 Å². The zero-order valence-corrected chi connectivity index (χ0v) is 16.3. The SMILES string of the molecule is CC(=NOCC(C)(C)COc1cccc2cccnc12)c1cccc(C)n1. The predicted molar refractivity (Wildman–Crippen MR) is 108 cm³/mol. The van der Waals surface area contributed by atoms with E-state index in [0.717, 1.165) is 33.8 Å². The Kier molecular flexibility index (Phi) is 5.69. The average Bonchev–Trinajstić information content (AvgIpc) is 2.66. The minimum absolute atomic E-state index is 0.208. The third-order valence-electron chi connectivity index (χ3n) is 4.13. The highest BCUT2D eigenvalue weighted by Crippen LogP contribution is 2.25. The molecule has 5 heteroatoms. The summed E-state index contributed by atoms with van der Waals surface area (Å²) >= 11 is 0. The fraction of sp³-hybridized carbons (Fsp3) is 0.318. The van der Waals surface area contributed by atoms with Gasteiger partial charge in [0, 0.05) is 22.7 Å². The number of nitrogens with zero attached hydrogens (tertiary/aromatic N) is 3. The monoisotopic (exact) mass is 363 g/mol. The number of hydrogen-bond acceptors (Lipinski definition) is 5. The maximum absolute atomic E-state index is 6.04. The molecule has 140 valence electrons. The van der Waals surface area contributed by atoms with Gasteiger partial charge in [-0.25, -0.2) is 0 Å². The number of ether oxygens (including phenoxy) is 1. The van der Waals surface area contributed by atoms with E-state index in [9.17, 15) is 0 Å².